The number of carboxylic acid groups (broad SMARTS) is 1. The minimum absolute atomic E-state index is 0.0915. The Kier molecular flexibility index (Phi) is 8.46. The number of anilines is 1. The summed E-state index contributed by atoms with van der Waals surface area (Å²) < 4.78 is 31.7. The highest BCUT2D eigenvalue weighted by atomic mass is 19.4. The predicted molar refractivity (Wildman–Crippen MR) is 99.6 cm³/mol. The molecule has 1 atom stereocenters. The molecule has 0 spiro atoms. The average Bonchev–Trinajstić information content (AvgIpc) is 2.64. The Morgan fingerprint density at radius 3 is 2.18 bits per heavy atom. The molecule has 0 heterocycles. The van der Waals surface area contributed by atoms with Crippen LogP contribution in [0.5, 0.6) is 0 Å². The first-order valence-corrected chi connectivity index (χ1v) is 8.28. The Hall–Kier alpha value is -3.07. The summed E-state index contributed by atoms with van der Waals surface area (Å²) in [7, 11) is 0. The van der Waals surface area contributed by atoms with Crippen LogP contribution >= 0.6 is 0 Å². The zero-order valence-electron chi connectivity index (χ0n) is 15.2. The number of carbonyl (C=O) groups is 2. The zero-order chi connectivity index (χ0) is 21.3. The zero-order valence-corrected chi connectivity index (χ0v) is 15.2. The number of nitrogens with two attached hydrogens (primary N) is 2. The molecule has 0 bridgehead atoms. The van der Waals surface area contributed by atoms with Crippen LogP contribution in [0.2, 0.25) is 0 Å². The van der Waals surface area contributed by atoms with Crippen molar-refractivity contribution >= 4 is 17.6 Å². The van der Waals surface area contributed by atoms with Gasteiger partial charge in [0.15, 0.2) is 0 Å². The van der Waals surface area contributed by atoms with E-state index in [1.54, 1.807) is 12.1 Å². The number of amides is 1. The molecule has 28 heavy (non-hydrogen) atoms. The number of rotatable bonds is 5. The van der Waals surface area contributed by atoms with Gasteiger partial charge in [0.05, 0.1) is 6.04 Å². The molecule has 0 unspecified atom stereocenters. The molecule has 0 aliphatic rings. The van der Waals surface area contributed by atoms with Gasteiger partial charge in [0, 0.05) is 11.3 Å². The fraction of sp³-hybridized carbons (Fsp3) is 0.263. The molecule has 1 amide bonds. The van der Waals surface area contributed by atoms with Gasteiger partial charge in [-0.25, -0.2) is 4.79 Å². The van der Waals surface area contributed by atoms with Gasteiger partial charge < -0.3 is 21.9 Å². The lowest BCUT2D eigenvalue weighted by molar-refractivity contribution is -0.192. The van der Waals surface area contributed by atoms with Gasteiger partial charge in [0.2, 0.25) is 0 Å². The van der Waals surface area contributed by atoms with Crippen molar-refractivity contribution in [2.45, 2.75) is 25.6 Å². The highest BCUT2D eigenvalue weighted by Gasteiger charge is 2.38. The van der Waals surface area contributed by atoms with Gasteiger partial charge in [0.25, 0.3) is 5.91 Å². The Morgan fingerprint density at radius 1 is 1.14 bits per heavy atom. The molecule has 6 nitrogen and oxygen atoms in total. The molecule has 2 aromatic rings. The summed E-state index contributed by atoms with van der Waals surface area (Å²) in [5.74, 6) is -2.89. The number of aryl methyl sites for hydroxylation is 1. The van der Waals surface area contributed by atoms with E-state index in [9.17, 15) is 18.0 Å². The van der Waals surface area contributed by atoms with Gasteiger partial charge in [-0.15, -0.1) is 0 Å². The van der Waals surface area contributed by atoms with Gasteiger partial charge in [-0.05, 0) is 43.1 Å². The van der Waals surface area contributed by atoms with Crippen molar-refractivity contribution in [1.82, 2.24) is 5.32 Å². The number of benzene rings is 2. The number of hydrogen-bond donors (Lipinski definition) is 4. The maximum absolute atomic E-state index is 12.4. The quantitative estimate of drug-likeness (QED) is 0.579. The standard InChI is InChI=1S/C17H21N3O.C2HF3O2/c1-12-7-8-14(11-15(12)19)17(21)20-16(9-10-18)13-5-3-2-4-6-13;3-2(4,5)1(6)7/h2-8,11,16H,9-10,18-19H2,1H3,(H,20,21);(H,6,7)/t16-;/m1./s1. The molecule has 0 aliphatic heterocycles. The van der Waals surface area contributed by atoms with E-state index < -0.39 is 12.1 Å². The molecule has 152 valence electrons. The molecule has 0 aromatic heterocycles. The van der Waals surface area contributed by atoms with Crippen LogP contribution in [-0.4, -0.2) is 29.7 Å². The molecular weight excluding hydrogens is 375 g/mol. The lowest BCUT2D eigenvalue weighted by Crippen LogP contribution is -2.30. The van der Waals surface area contributed by atoms with Crippen LogP contribution in [0.3, 0.4) is 0 Å². The number of carboxylic acids is 1. The van der Waals surface area contributed by atoms with Crippen LogP contribution < -0.4 is 16.8 Å². The summed E-state index contributed by atoms with van der Waals surface area (Å²) in [6.45, 7) is 2.42. The topological polar surface area (TPSA) is 118 Å². The largest absolute Gasteiger partial charge is 0.490 e. The van der Waals surface area contributed by atoms with Gasteiger partial charge in [-0.1, -0.05) is 36.4 Å². The first-order chi connectivity index (χ1) is 13.1. The third-order valence-electron chi connectivity index (χ3n) is 3.75. The molecule has 0 aliphatic carbocycles. The number of carbonyl (C=O) groups excluding carboxylic acids is 1. The number of nitrogen functional groups attached to an aromatic ring is 1. The highest BCUT2D eigenvalue weighted by Crippen LogP contribution is 2.18. The third-order valence-corrected chi connectivity index (χ3v) is 3.75. The van der Waals surface area contributed by atoms with E-state index in [1.807, 2.05) is 43.3 Å². The van der Waals surface area contributed by atoms with Crippen molar-refractivity contribution in [3.63, 3.8) is 0 Å². The average molecular weight is 397 g/mol. The van der Waals surface area contributed by atoms with Crippen molar-refractivity contribution in [2.75, 3.05) is 12.3 Å². The van der Waals surface area contributed by atoms with Gasteiger partial charge in [-0.2, -0.15) is 13.2 Å². The van der Waals surface area contributed by atoms with E-state index in [2.05, 4.69) is 5.32 Å². The molecule has 2 rings (SSSR count). The SMILES string of the molecule is Cc1ccc(C(=O)N[C@H](CCN)c2ccccc2)cc1N.O=C(O)C(F)(F)F. The van der Waals surface area contributed by atoms with Crippen molar-refractivity contribution in [1.29, 1.82) is 0 Å². The van der Waals surface area contributed by atoms with Crippen LogP contribution in [0.1, 0.15) is 33.9 Å². The lowest BCUT2D eigenvalue weighted by Gasteiger charge is -2.19. The maximum Gasteiger partial charge on any atom is 0.490 e. The van der Waals surface area contributed by atoms with Crippen molar-refractivity contribution in [3.8, 4) is 0 Å². The summed E-state index contributed by atoms with van der Waals surface area (Å²) in [6.07, 6.45) is -4.39. The van der Waals surface area contributed by atoms with Crippen LogP contribution in [0.25, 0.3) is 0 Å². The Labute approximate surface area is 160 Å². The number of nitrogens with one attached hydrogen (secondary N) is 1. The van der Waals surface area contributed by atoms with E-state index in [-0.39, 0.29) is 11.9 Å². The Morgan fingerprint density at radius 2 is 1.71 bits per heavy atom. The van der Waals surface area contributed by atoms with Crippen LogP contribution in [0.15, 0.2) is 48.5 Å². The van der Waals surface area contributed by atoms with Crippen LogP contribution in [-0.2, 0) is 4.79 Å². The molecule has 6 N–H and O–H groups in total. The molecule has 2 aromatic carbocycles. The second-order valence-electron chi connectivity index (χ2n) is 5.89. The molecule has 0 radical (unpaired) electrons. The first-order valence-electron chi connectivity index (χ1n) is 8.28. The third kappa shape index (κ3) is 7.28. The van der Waals surface area contributed by atoms with Crippen molar-refractivity contribution in [3.05, 3.63) is 65.2 Å². The monoisotopic (exact) mass is 397 g/mol. The maximum atomic E-state index is 12.4. The van der Waals surface area contributed by atoms with Crippen LogP contribution in [0.4, 0.5) is 18.9 Å². The van der Waals surface area contributed by atoms with Crippen molar-refractivity contribution in [2.24, 2.45) is 5.73 Å². The fourth-order valence-corrected chi connectivity index (χ4v) is 2.20. The number of hydrogen-bond acceptors (Lipinski definition) is 4. The summed E-state index contributed by atoms with van der Waals surface area (Å²) in [5, 5.41) is 10.1. The molecule has 0 fully saturated rings. The van der Waals surface area contributed by atoms with E-state index in [0.29, 0.717) is 24.2 Å². The van der Waals surface area contributed by atoms with Gasteiger partial charge >= 0.3 is 12.1 Å². The fourth-order valence-electron chi connectivity index (χ4n) is 2.20. The van der Waals surface area contributed by atoms with E-state index in [1.165, 1.54) is 0 Å². The summed E-state index contributed by atoms with van der Waals surface area (Å²) in [4.78, 5) is 21.3. The molecule has 0 saturated carbocycles. The lowest BCUT2D eigenvalue weighted by atomic mass is 10.0. The van der Waals surface area contributed by atoms with Gasteiger partial charge in [0.1, 0.15) is 0 Å². The number of aliphatic carboxylic acids is 1. The molecule has 9 heteroatoms. The minimum atomic E-state index is -5.08. The normalized spacial score (nSPS) is 11.8. The summed E-state index contributed by atoms with van der Waals surface area (Å²) in [5.41, 5.74) is 14.7. The second-order valence-corrected chi connectivity index (χ2v) is 5.89. The second kappa shape index (κ2) is 10.3. The predicted octanol–water partition coefficient (Wildman–Crippen LogP) is 3.03. The highest BCUT2D eigenvalue weighted by molar-refractivity contribution is 5.95. The van der Waals surface area contributed by atoms with E-state index in [0.717, 1.165) is 11.1 Å². The molecule has 0 saturated heterocycles. The van der Waals surface area contributed by atoms with Crippen molar-refractivity contribution < 1.29 is 27.9 Å². The first kappa shape index (κ1) is 23.0. The Bertz CT molecular complexity index is 796. The van der Waals surface area contributed by atoms with Crippen LogP contribution in [0, 0.1) is 6.92 Å². The van der Waals surface area contributed by atoms with E-state index in [4.69, 9.17) is 21.4 Å². The minimum Gasteiger partial charge on any atom is -0.475 e. The summed E-state index contributed by atoms with van der Waals surface area (Å²) >= 11 is 0. The number of alkyl halides is 3. The number of halogens is 3. The summed E-state index contributed by atoms with van der Waals surface area (Å²) in [6, 6.07) is 15.1. The Balaban J connectivity index is 0.000000480. The molecular formula is C19H22F3N3O3. The van der Waals surface area contributed by atoms with E-state index >= 15 is 0 Å². The smallest absolute Gasteiger partial charge is 0.475 e. The van der Waals surface area contributed by atoms with Gasteiger partial charge in [-0.3, -0.25) is 4.79 Å².